The first-order valence-electron chi connectivity index (χ1n) is 8.17. The Morgan fingerprint density at radius 3 is 2.96 bits per heavy atom. The van der Waals surface area contributed by atoms with Crippen molar-refractivity contribution in [3.05, 3.63) is 40.4 Å². The minimum atomic E-state index is -1.09. The number of carboxylic acid groups (broad SMARTS) is 1. The molecule has 0 spiro atoms. The summed E-state index contributed by atoms with van der Waals surface area (Å²) < 4.78 is 5.63. The van der Waals surface area contributed by atoms with Gasteiger partial charge >= 0.3 is 5.97 Å². The van der Waals surface area contributed by atoms with Crippen molar-refractivity contribution in [2.24, 2.45) is 0 Å². The van der Waals surface area contributed by atoms with Crippen LogP contribution < -0.4 is 0 Å². The highest BCUT2D eigenvalue weighted by atomic mass is 16.4. The zero-order valence-corrected chi connectivity index (χ0v) is 13.7. The SMILES string of the molecule is Cc1oc2c(c1C(=O)N1Cc3[nH]cnc3C[C@H]1C(=O)O)C(=O)CCC2. The van der Waals surface area contributed by atoms with Gasteiger partial charge in [0.2, 0.25) is 0 Å². The predicted molar refractivity (Wildman–Crippen MR) is 84.3 cm³/mol. The number of ketones is 1. The number of amides is 1. The quantitative estimate of drug-likeness (QED) is 0.853. The van der Waals surface area contributed by atoms with Crippen LogP contribution in [-0.4, -0.2) is 43.7 Å². The number of aryl methyl sites for hydroxylation is 2. The van der Waals surface area contributed by atoms with Crippen LogP contribution in [0.25, 0.3) is 0 Å². The van der Waals surface area contributed by atoms with Crippen molar-refractivity contribution < 1.29 is 23.9 Å². The first-order valence-corrected chi connectivity index (χ1v) is 8.17. The first kappa shape index (κ1) is 15.6. The van der Waals surface area contributed by atoms with Gasteiger partial charge in [-0.3, -0.25) is 9.59 Å². The summed E-state index contributed by atoms with van der Waals surface area (Å²) in [6.07, 6.45) is 3.31. The van der Waals surface area contributed by atoms with E-state index in [1.165, 1.54) is 11.2 Å². The van der Waals surface area contributed by atoms with Gasteiger partial charge in [0.1, 0.15) is 17.6 Å². The van der Waals surface area contributed by atoms with Crippen LogP contribution in [0.4, 0.5) is 0 Å². The third-order valence-electron chi connectivity index (χ3n) is 4.90. The molecule has 2 aliphatic rings. The number of carbonyl (C=O) groups excluding carboxylic acids is 2. The second-order valence-corrected chi connectivity index (χ2v) is 6.43. The molecule has 2 aromatic rings. The van der Waals surface area contributed by atoms with Crippen LogP contribution >= 0.6 is 0 Å². The largest absolute Gasteiger partial charge is 0.480 e. The van der Waals surface area contributed by atoms with E-state index in [1.54, 1.807) is 6.92 Å². The van der Waals surface area contributed by atoms with Crippen LogP contribution in [-0.2, 0) is 24.2 Å². The van der Waals surface area contributed by atoms with E-state index in [0.717, 1.165) is 0 Å². The molecule has 0 unspecified atom stereocenters. The minimum Gasteiger partial charge on any atom is -0.480 e. The van der Waals surface area contributed by atoms with E-state index in [1.807, 2.05) is 0 Å². The van der Waals surface area contributed by atoms with Crippen LogP contribution in [0.2, 0.25) is 0 Å². The number of aromatic amines is 1. The fourth-order valence-electron chi connectivity index (χ4n) is 3.68. The maximum atomic E-state index is 13.2. The normalized spacial score (nSPS) is 19.5. The molecule has 8 heteroatoms. The van der Waals surface area contributed by atoms with E-state index in [4.69, 9.17) is 4.42 Å². The van der Waals surface area contributed by atoms with Gasteiger partial charge in [0.05, 0.1) is 35.4 Å². The monoisotopic (exact) mass is 343 g/mol. The van der Waals surface area contributed by atoms with Crippen LogP contribution in [0.5, 0.6) is 0 Å². The number of furan rings is 1. The molecule has 4 rings (SSSR count). The highest BCUT2D eigenvalue weighted by Gasteiger charge is 2.40. The lowest BCUT2D eigenvalue weighted by molar-refractivity contribution is -0.142. The highest BCUT2D eigenvalue weighted by Crippen LogP contribution is 2.32. The fourth-order valence-corrected chi connectivity index (χ4v) is 3.68. The molecule has 0 saturated heterocycles. The molecule has 1 aliphatic carbocycles. The number of imidazole rings is 1. The van der Waals surface area contributed by atoms with Gasteiger partial charge in [-0.2, -0.15) is 0 Å². The summed E-state index contributed by atoms with van der Waals surface area (Å²) in [6, 6.07) is -1.02. The number of Topliss-reactive ketones (excluding diaryl/α,β-unsaturated/α-hetero) is 1. The number of aliphatic carboxylic acids is 1. The molecule has 2 aromatic heterocycles. The Hall–Kier alpha value is -2.90. The number of H-pyrrole nitrogens is 1. The van der Waals surface area contributed by atoms with Crippen LogP contribution in [0.3, 0.4) is 0 Å². The van der Waals surface area contributed by atoms with Crippen molar-refractivity contribution in [1.82, 2.24) is 14.9 Å². The minimum absolute atomic E-state index is 0.110. The van der Waals surface area contributed by atoms with Crippen molar-refractivity contribution in [1.29, 1.82) is 0 Å². The first-order chi connectivity index (χ1) is 12.0. The van der Waals surface area contributed by atoms with Crippen molar-refractivity contribution in [2.45, 2.75) is 45.2 Å². The van der Waals surface area contributed by atoms with Crippen molar-refractivity contribution in [2.75, 3.05) is 0 Å². The number of carboxylic acids is 1. The molecule has 8 nitrogen and oxygen atoms in total. The summed E-state index contributed by atoms with van der Waals surface area (Å²) in [4.78, 5) is 45.5. The Balaban J connectivity index is 1.77. The van der Waals surface area contributed by atoms with Gasteiger partial charge in [-0.05, 0) is 13.3 Å². The molecule has 0 bridgehead atoms. The topological polar surface area (TPSA) is 116 Å². The van der Waals surface area contributed by atoms with Gasteiger partial charge < -0.3 is 19.4 Å². The van der Waals surface area contributed by atoms with Gasteiger partial charge in [0, 0.05) is 19.3 Å². The zero-order chi connectivity index (χ0) is 17.7. The average Bonchev–Trinajstić information content (AvgIpc) is 3.16. The second-order valence-electron chi connectivity index (χ2n) is 6.43. The zero-order valence-electron chi connectivity index (χ0n) is 13.7. The molecule has 130 valence electrons. The smallest absolute Gasteiger partial charge is 0.326 e. The molecule has 1 aliphatic heterocycles. The van der Waals surface area contributed by atoms with E-state index in [-0.39, 0.29) is 24.3 Å². The number of carbonyl (C=O) groups is 3. The molecule has 25 heavy (non-hydrogen) atoms. The lowest BCUT2D eigenvalue weighted by Crippen LogP contribution is -2.49. The van der Waals surface area contributed by atoms with Gasteiger partial charge in [0.15, 0.2) is 5.78 Å². The van der Waals surface area contributed by atoms with E-state index in [9.17, 15) is 19.5 Å². The average molecular weight is 343 g/mol. The Kier molecular flexibility index (Phi) is 3.48. The molecule has 1 amide bonds. The fraction of sp³-hybridized carbons (Fsp3) is 0.412. The van der Waals surface area contributed by atoms with Gasteiger partial charge in [-0.25, -0.2) is 9.78 Å². The van der Waals surface area contributed by atoms with Crippen molar-refractivity contribution in [3.8, 4) is 0 Å². The summed E-state index contributed by atoms with van der Waals surface area (Å²) in [7, 11) is 0. The standard InChI is InChI=1S/C17H17N3O5/c1-8-14(15-12(21)3-2-4-13(15)25-8)16(22)20-6-10-9(18-7-19-10)5-11(20)17(23)24/h7,11H,2-6H2,1H3,(H,18,19)(H,23,24)/t11-/m0/s1. The van der Waals surface area contributed by atoms with Gasteiger partial charge in [-0.1, -0.05) is 0 Å². The number of hydrogen-bond donors (Lipinski definition) is 2. The lowest BCUT2D eigenvalue weighted by atomic mass is 9.92. The van der Waals surface area contributed by atoms with Gasteiger partial charge in [-0.15, -0.1) is 0 Å². The molecular formula is C17H17N3O5. The van der Waals surface area contributed by atoms with E-state index >= 15 is 0 Å². The number of nitrogens with zero attached hydrogens (tertiary/aromatic N) is 2. The number of nitrogens with one attached hydrogen (secondary N) is 1. The Labute approximate surface area is 142 Å². The summed E-state index contributed by atoms with van der Waals surface area (Å²) >= 11 is 0. The molecular weight excluding hydrogens is 326 g/mol. The maximum Gasteiger partial charge on any atom is 0.326 e. The summed E-state index contributed by atoms with van der Waals surface area (Å²) in [6.45, 7) is 1.75. The number of fused-ring (bicyclic) bond motifs is 2. The van der Waals surface area contributed by atoms with Gasteiger partial charge in [0.25, 0.3) is 5.91 Å². The third-order valence-corrected chi connectivity index (χ3v) is 4.90. The van der Waals surface area contributed by atoms with E-state index in [2.05, 4.69) is 9.97 Å². The summed E-state index contributed by atoms with van der Waals surface area (Å²) in [5.41, 5.74) is 1.90. The predicted octanol–water partition coefficient (Wildman–Crippen LogP) is 1.48. The Morgan fingerprint density at radius 1 is 1.40 bits per heavy atom. The van der Waals surface area contributed by atoms with E-state index in [0.29, 0.717) is 47.7 Å². The van der Waals surface area contributed by atoms with E-state index < -0.39 is 17.9 Å². The molecule has 0 aromatic carbocycles. The van der Waals surface area contributed by atoms with Crippen LogP contribution in [0, 0.1) is 6.92 Å². The number of aromatic nitrogens is 2. The molecule has 2 N–H and O–H groups in total. The lowest BCUT2D eigenvalue weighted by Gasteiger charge is -2.32. The second kappa shape index (κ2) is 5.58. The molecule has 0 radical (unpaired) electrons. The Bertz CT molecular complexity index is 894. The number of hydrogen-bond acceptors (Lipinski definition) is 5. The molecule has 0 fully saturated rings. The maximum absolute atomic E-state index is 13.2. The summed E-state index contributed by atoms with van der Waals surface area (Å²) in [5.74, 6) is -0.797. The molecule has 0 saturated carbocycles. The summed E-state index contributed by atoms with van der Waals surface area (Å²) in [5, 5.41) is 9.56. The number of rotatable bonds is 2. The third kappa shape index (κ3) is 2.36. The van der Waals surface area contributed by atoms with Crippen molar-refractivity contribution >= 4 is 17.7 Å². The highest BCUT2D eigenvalue weighted by molar-refractivity contribution is 6.10. The Morgan fingerprint density at radius 2 is 2.20 bits per heavy atom. The molecule has 1 atom stereocenters. The molecule has 3 heterocycles. The van der Waals surface area contributed by atoms with Crippen LogP contribution in [0.15, 0.2) is 10.7 Å². The van der Waals surface area contributed by atoms with Crippen molar-refractivity contribution in [3.63, 3.8) is 0 Å². The van der Waals surface area contributed by atoms with Crippen LogP contribution in [0.1, 0.15) is 56.5 Å².